The molecular formula is C33H38N2O4. The molecule has 0 aliphatic rings. The first-order valence-electron chi connectivity index (χ1n) is 13.4. The highest BCUT2D eigenvalue weighted by Crippen LogP contribution is 2.28. The molecule has 204 valence electrons. The quantitative estimate of drug-likeness (QED) is 0.242. The standard InChI is InChI=1S/C33H38N2O4/c1-20(2)25-9-8-10-26(17-25)22(4)34-31(36)27-13-16-30-29(18-27)21(3)23(5)35(30)19-24-11-14-28(15-12-24)39-33(6,7)32(37)38/h8-18,20,22H,19H2,1-7H3,(H,34,36)(H,37,38)/t22-/m0/s1. The minimum Gasteiger partial charge on any atom is -0.478 e. The Kier molecular flexibility index (Phi) is 7.86. The van der Waals surface area contributed by atoms with E-state index in [4.69, 9.17) is 4.74 Å². The smallest absolute Gasteiger partial charge is 0.347 e. The van der Waals surface area contributed by atoms with Crippen LogP contribution in [0.4, 0.5) is 0 Å². The molecule has 6 heteroatoms. The van der Waals surface area contributed by atoms with Crippen molar-refractivity contribution in [1.29, 1.82) is 0 Å². The van der Waals surface area contributed by atoms with Crippen LogP contribution in [0.15, 0.2) is 66.7 Å². The van der Waals surface area contributed by atoms with Gasteiger partial charge in [-0.3, -0.25) is 4.79 Å². The fourth-order valence-corrected chi connectivity index (χ4v) is 4.73. The Labute approximate surface area is 230 Å². The van der Waals surface area contributed by atoms with E-state index in [2.05, 4.69) is 55.8 Å². The van der Waals surface area contributed by atoms with Crippen LogP contribution in [-0.4, -0.2) is 27.2 Å². The Hall–Kier alpha value is -4.06. The summed E-state index contributed by atoms with van der Waals surface area (Å²) in [4.78, 5) is 24.6. The number of amides is 1. The summed E-state index contributed by atoms with van der Waals surface area (Å²) in [5.74, 6) is -0.165. The number of carboxylic acid groups (broad SMARTS) is 1. The first kappa shape index (κ1) is 28.0. The number of rotatable bonds is 9. The molecule has 1 atom stereocenters. The fraction of sp³-hybridized carbons (Fsp3) is 0.333. The lowest BCUT2D eigenvalue weighted by Gasteiger charge is -2.21. The lowest BCUT2D eigenvalue weighted by atomic mass is 9.98. The molecule has 2 N–H and O–H groups in total. The molecule has 0 spiro atoms. The Morgan fingerprint density at radius 2 is 1.62 bits per heavy atom. The van der Waals surface area contributed by atoms with Gasteiger partial charge in [0, 0.05) is 28.7 Å². The van der Waals surface area contributed by atoms with Crippen molar-refractivity contribution in [2.45, 2.75) is 72.6 Å². The van der Waals surface area contributed by atoms with E-state index in [-0.39, 0.29) is 11.9 Å². The van der Waals surface area contributed by atoms with Crippen molar-refractivity contribution in [3.8, 4) is 5.75 Å². The van der Waals surface area contributed by atoms with Gasteiger partial charge in [0.15, 0.2) is 5.60 Å². The number of hydrogen-bond acceptors (Lipinski definition) is 3. The Morgan fingerprint density at radius 1 is 0.949 bits per heavy atom. The van der Waals surface area contributed by atoms with Gasteiger partial charge in [-0.2, -0.15) is 0 Å². The summed E-state index contributed by atoms with van der Waals surface area (Å²) >= 11 is 0. The first-order valence-corrected chi connectivity index (χ1v) is 13.4. The van der Waals surface area contributed by atoms with E-state index in [1.807, 2.05) is 43.3 Å². The van der Waals surface area contributed by atoms with Gasteiger partial charge in [0.2, 0.25) is 0 Å². The van der Waals surface area contributed by atoms with Gasteiger partial charge in [-0.25, -0.2) is 4.79 Å². The third-order valence-electron chi connectivity index (χ3n) is 7.48. The maximum atomic E-state index is 13.2. The average molecular weight is 527 g/mol. The normalized spacial score (nSPS) is 12.5. The maximum absolute atomic E-state index is 13.2. The van der Waals surface area contributed by atoms with Gasteiger partial charge in [0.1, 0.15) is 5.75 Å². The lowest BCUT2D eigenvalue weighted by molar-refractivity contribution is -0.152. The van der Waals surface area contributed by atoms with Crippen LogP contribution in [0.5, 0.6) is 5.75 Å². The minimum atomic E-state index is -1.30. The number of ether oxygens (including phenoxy) is 1. The molecule has 0 saturated carbocycles. The first-order chi connectivity index (χ1) is 18.4. The van der Waals surface area contributed by atoms with E-state index in [0.717, 1.165) is 33.3 Å². The number of aromatic nitrogens is 1. The monoisotopic (exact) mass is 526 g/mol. The zero-order valence-electron chi connectivity index (χ0n) is 23.8. The number of fused-ring (bicyclic) bond motifs is 1. The van der Waals surface area contributed by atoms with E-state index < -0.39 is 11.6 Å². The summed E-state index contributed by atoms with van der Waals surface area (Å²) in [6, 6.07) is 21.7. The molecule has 4 rings (SSSR count). The number of aliphatic carboxylic acids is 1. The van der Waals surface area contributed by atoms with Crippen LogP contribution in [0, 0.1) is 13.8 Å². The number of carboxylic acids is 1. The van der Waals surface area contributed by atoms with Gasteiger partial charge in [-0.1, -0.05) is 50.2 Å². The zero-order valence-corrected chi connectivity index (χ0v) is 23.8. The Morgan fingerprint density at radius 3 is 2.26 bits per heavy atom. The van der Waals surface area contributed by atoms with E-state index in [0.29, 0.717) is 23.8 Å². The summed E-state index contributed by atoms with van der Waals surface area (Å²) in [6.07, 6.45) is 0. The second kappa shape index (κ2) is 11.0. The third-order valence-corrected chi connectivity index (χ3v) is 7.48. The van der Waals surface area contributed by atoms with Crippen LogP contribution in [0.25, 0.3) is 10.9 Å². The SMILES string of the molecule is Cc1c(C)n(Cc2ccc(OC(C)(C)C(=O)O)cc2)c2ccc(C(=O)N[C@@H](C)c3cccc(C(C)C)c3)cc12. The molecule has 1 amide bonds. The zero-order chi connectivity index (χ0) is 28.5. The van der Waals surface area contributed by atoms with Gasteiger partial charge in [-0.15, -0.1) is 0 Å². The van der Waals surface area contributed by atoms with Crippen LogP contribution >= 0.6 is 0 Å². The molecule has 6 nitrogen and oxygen atoms in total. The maximum Gasteiger partial charge on any atom is 0.347 e. The van der Waals surface area contributed by atoms with Crippen LogP contribution < -0.4 is 10.1 Å². The van der Waals surface area contributed by atoms with Crippen molar-refractivity contribution in [1.82, 2.24) is 9.88 Å². The minimum absolute atomic E-state index is 0.0935. The number of carbonyl (C=O) groups excluding carboxylic acids is 1. The molecule has 0 radical (unpaired) electrons. The average Bonchev–Trinajstić information content (AvgIpc) is 3.13. The van der Waals surface area contributed by atoms with Crippen LogP contribution in [-0.2, 0) is 11.3 Å². The van der Waals surface area contributed by atoms with Crippen molar-refractivity contribution in [3.63, 3.8) is 0 Å². The van der Waals surface area contributed by atoms with Crippen molar-refractivity contribution in [2.75, 3.05) is 0 Å². The molecule has 4 aromatic rings. The molecular weight excluding hydrogens is 488 g/mol. The topological polar surface area (TPSA) is 80.6 Å². The molecule has 1 aromatic heterocycles. The highest BCUT2D eigenvalue weighted by atomic mass is 16.5. The summed E-state index contributed by atoms with van der Waals surface area (Å²) < 4.78 is 7.87. The van der Waals surface area contributed by atoms with E-state index in [1.165, 1.54) is 19.4 Å². The highest BCUT2D eigenvalue weighted by Gasteiger charge is 2.29. The van der Waals surface area contributed by atoms with Gasteiger partial charge < -0.3 is 19.7 Å². The van der Waals surface area contributed by atoms with Crippen LogP contribution in [0.1, 0.15) is 84.9 Å². The lowest BCUT2D eigenvalue weighted by Crippen LogP contribution is -2.37. The van der Waals surface area contributed by atoms with E-state index >= 15 is 0 Å². The number of hydrogen-bond donors (Lipinski definition) is 2. The predicted molar refractivity (Wildman–Crippen MR) is 156 cm³/mol. The summed E-state index contributed by atoms with van der Waals surface area (Å²) in [5.41, 5.74) is 6.09. The van der Waals surface area contributed by atoms with Crippen molar-refractivity contribution in [2.24, 2.45) is 0 Å². The van der Waals surface area contributed by atoms with E-state index in [1.54, 1.807) is 12.1 Å². The summed E-state index contributed by atoms with van der Waals surface area (Å²) in [5, 5.41) is 13.5. The van der Waals surface area contributed by atoms with E-state index in [9.17, 15) is 14.7 Å². The molecule has 39 heavy (non-hydrogen) atoms. The van der Waals surface area contributed by atoms with Gasteiger partial charge >= 0.3 is 5.97 Å². The second-order valence-electron chi connectivity index (χ2n) is 11.1. The van der Waals surface area contributed by atoms with Crippen LogP contribution in [0.2, 0.25) is 0 Å². The largest absolute Gasteiger partial charge is 0.478 e. The molecule has 0 fully saturated rings. The molecule has 0 aliphatic carbocycles. The summed E-state index contributed by atoms with van der Waals surface area (Å²) in [6.45, 7) is 14.2. The molecule has 1 heterocycles. The van der Waals surface area contributed by atoms with Crippen LogP contribution in [0.3, 0.4) is 0 Å². The molecule has 0 saturated heterocycles. The molecule has 0 bridgehead atoms. The summed E-state index contributed by atoms with van der Waals surface area (Å²) in [7, 11) is 0. The van der Waals surface area contributed by atoms with Crippen molar-refractivity contribution >= 4 is 22.8 Å². The van der Waals surface area contributed by atoms with Gasteiger partial charge in [-0.05, 0) is 93.1 Å². The highest BCUT2D eigenvalue weighted by molar-refractivity contribution is 5.99. The molecule has 3 aromatic carbocycles. The van der Waals surface area contributed by atoms with Gasteiger partial charge in [0.25, 0.3) is 5.91 Å². The fourth-order valence-electron chi connectivity index (χ4n) is 4.73. The number of nitrogens with zero attached hydrogens (tertiary/aromatic N) is 1. The Bertz CT molecular complexity index is 1510. The second-order valence-corrected chi connectivity index (χ2v) is 11.1. The number of aryl methyl sites for hydroxylation is 1. The predicted octanol–water partition coefficient (Wildman–Crippen LogP) is 7.16. The number of carbonyl (C=O) groups is 2. The number of nitrogens with one attached hydrogen (secondary N) is 1. The number of benzene rings is 3. The molecule has 0 unspecified atom stereocenters. The van der Waals surface area contributed by atoms with Crippen molar-refractivity contribution < 1.29 is 19.4 Å². The third kappa shape index (κ3) is 6.00. The van der Waals surface area contributed by atoms with Crippen molar-refractivity contribution in [3.05, 3.63) is 100 Å². The molecule has 0 aliphatic heterocycles. The Balaban J connectivity index is 1.53. The van der Waals surface area contributed by atoms with Gasteiger partial charge in [0.05, 0.1) is 6.04 Å².